The second kappa shape index (κ2) is 5.44. The third kappa shape index (κ3) is 2.94. The lowest BCUT2D eigenvalue weighted by atomic mass is 10.3. The maximum atomic E-state index is 13.4. The fourth-order valence-electron chi connectivity index (χ4n) is 1.50. The average molecular weight is 247 g/mol. The molecule has 4 nitrogen and oxygen atoms in total. The van der Waals surface area contributed by atoms with E-state index in [-0.39, 0.29) is 5.75 Å². The van der Waals surface area contributed by atoms with Gasteiger partial charge >= 0.3 is 0 Å². The lowest BCUT2D eigenvalue weighted by molar-refractivity contribution is 0.425. The second-order valence-electron chi connectivity index (χ2n) is 3.70. The van der Waals surface area contributed by atoms with Crippen LogP contribution in [0.15, 0.2) is 30.3 Å². The van der Waals surface area contributed by atoms with Crippen LogP contribution in [-0.2, 0) is 0 Å². The molecule has 1 aromatic heterocycles. The summed E-state index contributed by atoms with van der Waals surface area (Å²) in [4.78, 5) is 8.30. The van der Waals surface area contributed by atoms with Crippen LogP contribution in [0.1, 0.15) is 12.7 Å². The van der Waals surface area contributed by atoms with Gasteiger partial charge in [-0.15, -0.1) is 0 Å². The van der Waals surface area contributed by atoms with E-state index in [1.165, 1.54) is 6.07 Å². The second-order valence-corrected chi connectivity index (χ2v) is 3.70. The van der Waals surface area contributed by atoms with Gasteiger partial charge in [0.1, 0.15) is 11.6 Å². The Bertz CT molecular complexity index is 546. The van der Waals surface area contributed by atoms with Gasteiger partial charge < -0.3 is 10.1 Å². The molecule has 2 aromatic rings. The number of halogens is 1. The molecule has 0 atom stereocenters. The monoisotopic (exact) mass is 247 g/mol. The van der Waals surface area contributed by atoms with Crippen LogP contribution in [0, 0.1) is 12.7 Å². The van der Waals surface area contributed by atoms with Crippen molar-refractivity contribution < 1.29 is 9.13 Å². The summed E-state index contributed by atoms with van der Waals surface area (Å²) in [5.74, 6) is 1.29. The van der Waals surface area contributed by atoms with Crippen LogP contribution in [0.4, 0.5) is 10.2 Å². The largest absolute Gasteiger partial charge is 0.436 e. The highest BCUT2D eigenvalue weighted by molar-refractivity contribution is 5.40. The molecular weight excluding hydrogens is 233 g/mol. The fourth-order valence-corrected chi connectivity index (χ4v) is 1.50. The summed E-state index contributed by atoms with van der Waals surface area (Å²) in [6, 6.07) is 7.85. The van der Waals surface area contributed by atoms with Crippen molar-refractivity contribution in [1.29, 1.82) is 0 Å². The normalized spacial score (nSPS) is 10.2. The molecule has 2 rings (SSSR count). The van der Waals surface area contributed by atoms with Crippen LogP contribution in [0.3, 0.4) is 0 Å². The quantitative estimate of drug-likeness (QED) is 0.901. The van der Waals surface area contributed by atoms with E-state index in [4.69, 9.17) is 4.74 Å². The van der Waals surface area contributed by atoms with E-state index in [0.717, 1.165) is 6.54 Å². The van der Waals surface area contributed by atoms with Crippen LogP contribution in [0.5, 0.6) is 11.6 Å². The Balaban J connectivity index is 2.26. The first-order valence-electron chi connectivity index (χ1n) is 5.71. The number of aryl methyl sites for hydroxylation is 1. The molecular formula is C13H14FN3O. The molecule has 0 radical (unpaired) electrons. The number of hydrogen-bond donors (Lipinski definition) is 1. The first-order chi connectivity index (χ1) is 8.69. The van der Waals surface area contributed by atoms with E-state index in [1.54, 1.807) is 31.2 Å². The van der Waals surface area contributed by atoms with Crippen molar-refractivity contribution in [2.24, 2.45) is 0 Å². The van der Waals surface area contributed by atoms with Crippen LogP contribution in [0.2, 0.25) is 0 Å². The predicted octanol–water partition coefficient (Wildman–Crippen LogP) is 3.15. The average Bonchev–Trinajstić information content (AvgIpc) is 2.32. The highest BCUT2D eigenvalue weighted by atomic mass is 19.1. The SMILES string of the molecule is CCNc1cc(Oc2ccccc2F)nc(C)n1. The third-order valence-corrected chi connectivity index (χ3v) is 2.22. The van der Waals surface area contributed by atoms with Crippen molar-refractivity contribution in [2.45, 2.75) is 13.8 Å². The van der Waals surface area contributed by atoms with E-state index < -0.39 is 5.82 Å². The smallest absolute Gasteiger partial charge is 0.224 e. The van der Waals surface area contributed by atoms with Crippen molar-refractivity contribution in [3.05, 3.63) is 42.0 Å². The van der Waals surface area contributed by atoms with E-state index in [2.05, 4.69) is 15.3 Å². The van der Waals surface area contributed by atoms with Crippen molar-refractivity contribution in [3.63, 3.8) is 0 Å². The van der Waals surface area contributed by atoms with Crippen molar-refractivity contribution >= 4 is 5.82 Å². The highest BCUT2D eigenvalue weighted by Gasteiger charge is 2.07. The summed E-state index contributed by atoms with van der Waals surface area (Å²) >= 11 is 0. The van der Waals surface area contributed by atoms with E-state index >= 15 is 0 Å². The first-order valence-corrected chi connectivity index (χ1v) is 5.71. The number of rotatable bonds is 4. The van der Waals surface area contributed by atoms with E-state index in [0.29, 0.717) is 17.5 Å². The molecule has 0 amide bonds. The molecule has 0 fully saturated rings. The molecule has 0 aliphatic heterocycles. The van der Waals surface area contributed by atoms with Gasteiger partial charge in [0.25, 0.3) is 0 Å². The number of para-hydroxylation sites is 1. The third-order valence-electron chi connectivity index (χ3n) is 2.22. The Morgan fingerprint density at radius 1 is 1.28 bits per heavy atom. The Kier molecular flexibility index (Phi) is 3.72. The molecule has 1 N–H and O–H groups in total. The molecule has 0 aliphatic rings. The predicted molar refractivity (Wildman–Crippen MR) is 67.4 cm³/mol. The van der Waals surface area contributed by atoms with Gasteiger partial charge in [-0.2, -0.15) is 4.98 Å². The summed E-state index contributed by atoms with van der Waals surface area (Å²) in [5, 5.41) is 3.06. The lowest BCUT2D eigenvalue weighted by Crippen LogP contribution is -2.02. The molecule has 0 spiro atoms. The van der Waals surface area contributed by atoms with Gasteiger partial charge in [0.05, 0.1) is 0 Å². The van der Waals surface area contributed by atoms with Crippen LogP contribution < -0.4 is 10.1 Å². The highest BCUT2D eigenvalue weighted by Crippen LogP contribution is 2.23. The molecule has 94 valence electrons. The Morgan fingerprint density at radius 2 is 2.06 bits per heavy atom. The molecule has 1 aromatic carbocycles. The zero-order valence-corrected chi connectivity index (χ0v) is 10.3. The number of aromatic nitrogens is 2. The van der Waals surface area contributed by atoms with Crippen LogP contribution in [-0.4, -0.2) is 16.5 Å². The van der Waals surface area contributed by atoms with Gasteiger partial charge in [0.15, 0.2) is 11.6 Å². The van der Waals surface area contributed by atoms with Crippen molar-refractivity contribution in [1.82, 2.24) is 9.97 Å². The Hall–Kier alpha value is -2.17. The van der Waals surface area contributed by atoms with Crippen molar-refractivity contribution in [2.75, 3.05) is 11.9 Å². The van der Waals surface area contributed by atoms with Crippen molar-refractivity contribution in [3.8, 4) is 11.6 Å². The first kappa shape index (κ1) is 12.3. The molecule has 18 heavy (non-hydrogen) atoms. The van der Waals surface area contributed by atoms with Gasteiger partial charge in [-0.3, -0.25) is 0 Å². The van der Waals surface area contributed by atoms with E-state index in [1.807, 2.05) is 6.92 Å². The molecule has 5 heteroatoms. The van der Waals surface area contributed by atoms with Crippen LogP contribution in [0.25, 0.3) is 0 Å². The minimum absolute atomic E-state index is 0.151. The Morgan fingerprint density at radius 3 is 2.78 bits per heavy atom. The van der Waals surface area contributed by atoms with Gasteiger partial charge in [-0.05, 0) is 26.0 Å². The molecule has 0 saturated heterocycles. The molecule has 0 unspecified atom stereocenters. The number of hydrogen-bond acceptors (Lipinski definition) is 4. The standard InChI is InChI=1S/C13H14FN3O/c1-3-15-12-8-13(17-9(2)16-12)18-11-7-5-4-6-10(11)14/h4-8H,3H2,1-2H3,(H,15,16,17). The molecule has 0 saturated carbocycles. The van der Waals surface area contributed by atoms with Gasteiger partial charge in [-0.1, -0.05) is 12.1 Å². The number of nitrogens with zero attached hydrogens (tertiary/aromatic N) is 2. The minimum Gasteiger partial charge on any atom is -0.436 e. The molecule has 0 bridgehead atoms. The Labute approximate surface area is 105 Å². The number of benzene rings is 1. The zero-order chi connectivity index (χ0) is 13.0. The van der Waals surface area contributed by atoms with Crippen LogP contribution >= 0.6 is 0 Å². The maximum absolute atomic E-state index is 13.4. The lowest BCUT2D eigenvalue weighted by Gasteiger charge is -2.08. The number of nitrogens with one attached hydrogen (secondary N) is 1. The number of ether oxygens (including phenoxy) is 1. The summed E-state index contributed by atoms with van der Waals surface area (Å²) < 4.78 is 18.9. The number of anilines is 1. The van der Waals surface area contributed by atoms with E-state index in [9.17, 15) is 4.39 Å². The summed E-state index contributed by atoms with van der Waals surface area (Å²) in [6.07, 6.45) is 0. The summed E-state index contributed by atoms with van der Waals surface area (Å²) in [6.45, 7) is 4.47. The summed E-state index contributed by atoms with van der Waals surface area (Å²) in [7, 11) is 0. The topological polar surface area (TPSA) is 47.0 Å². The van der Waals surface area contributed by atoms with Gasteiger partial charge in [-0.25, -0.2) is 9.37 Å². The molecule has 0 aliphatic carbocycles. The van der Waals surface area contributed by atoms with Gasteiger partial charge in [0.2, 0.25) is 5.88 Å². The maximum Gasteiger partial charge on any atom is 0.224 e. The van der Waals surface area contributed by atoms with Gasteiger partial charge in [0, 0.05) is 12.6 Å². The zero-order valence-electron chi connectivity index (χ0n) is 10.3. The minimum atomic E-state index is -0.418. The fraction of sp³-hybridized carbons (Fsp3) is 0.231. The summed E-state index contributed by atoms with van der Waals surface area (Å²) in [5.41, 5.74) is 0. The molecule has 1 heterocycles.